The Morgan fingerprint density at radius 1 is 1.37 bits per heavy atom. The number of nitrogens with zero attached hydrogens (tertiary/aromatic N) is 2. The lowest BCUT2D eigenvalue weighted by Gasteiger charge is -2.13. The highest BCUT2D eigenvalue weighted by molar-refractivity contribution is 8.00. The molecule has 0 aliphatic rings. The number of aromatic nitrogens is 2. The SMILES string of the molecule is CCn1c(S[C@@H](C)C(=O)NC)nc2sc(C)c(-c3ccc(F)cc3)c2c1=O. The molecular weight excluding hydrogens is 385 g/mol. The van der Waals surface area contributed by atoms with E-state index in [0.717, 1.165) is 16.0 Å². The maximum atomic E-state index is 13.3. The maximum Gasteiger partial charge on any atom is 0.263 e. The Hall–Kier alpha value is -2.19. The highest BCUT2D eigenvalue weighted by Gasteiger charge is 2.22. The summed E-state index contributed by atoms with van der Waals surface area (Å²) >= 11 is 2.70. The number of fused-ring (bicyclic) bond motifs is 1. The van der Waals surface area contributed by atoms with E-state index in [1.54, 1.807) is 30.7 Å². The second kappa shape index (κ2) is 7.82. The number of hydrogen-bond acceptors (Lipinski definition) is 5. The molecule has 3 rings (SSSR count). The van der Waals surface area contributed by atoms with E-state index in [4.69, 9.17) is 0 Å². The molecule has 3 aromatic rings. The van der Waals surface area contributed by atoms with Crippen LogP contribution in [0.1, 0.15) is 18.7 Å². The van der Waals surface area contributed by atoms with Crippen molar-refractivity contribution in [3.05, 3.63) is 45.3 Å². The van der Waals surface area contributed by atoms with E-state index in [-0.39, 0.29) is 22.5 Å². The van der Waals surface area contributed by atoms with Gasteiger partial charge in [-0.15, -0.1) is 11.3 Å². The highest BCUT2D eigenvalue weighted by Crippen LogP contribution is 2.37. The van der Waals surface area contributed by atoms with Gasteiger partial charge in [0.1, 0.15) is 10.6 Å². The molecule has 1 atom stereocenters. The van der Waals surface area contributed by atoms with Crippen LogP contribution in [-0.4, -0.2) is 27.8 Å². The van der Waals surface area contributed by atoms with Crippen LogP contribution < -0.4 is 10.9 Å². The van der Waals surface area contributed by atoms with Crippen molar-refractivity contribution in [1.82, 2.24) is 14.9 Å². The number of halogens is 1. The van der Waals surface area contributed by atoms with Gasteiger partial charge in [0, 0.05) is 24.0 Å². The van der Waals surface area contributed by atoms with Gasteiger partial charge in [-0.2, -0.15) is 0 Å². The summed E-state index contributed by atoms with van der Waals surface area (Å²) in [6, 6.07) is 6.13. The smallest absolute Gasteiger partial charge is 0.263 e. The second-order valence-corrected chi connectivity index (χ2v) is 8.55. The number of thioether (sulfide) groups is 1. The lowest BCUT2D eigenvalue weighted by atomic mass is 10.0. The van der Waals surface area contributed by atoms with Crippen LogP contribution in [-0.2, 0) is 11.3 Å². The third-order valence-corrected chi connectivity index (χ3v) is 6.39. The molecule has 0 spiro atoms. The molecule has 2 heterocycles. The van der Waals surface area contributed by atoms with E-state index in [1.807, 2.05) is 13.8 Å². The van der Waals surface area contributed by atoms with Gasteiger partial charge in [-0.05, 0) is 38.5 Å². The van der Waals surface area contributed by atoms with Crippen molar-refractivity contribution < 1.29 is 9.18 Å². The van der Waals surface area contributed by atoms with Gasteiger partial charge >= 0.3 is 0 Å². The first-order chi connectivity index (χ1) is 12.9. The van der Waals surface area contributed by atoms with Gasteiger partial charge in [-0.3, -0.25) is 14.2 Å². The molecule has 0 saturated carbocycles. The summed E-state index contributed by atoms with van der Waals surface area (Å²) in [5.41, 5.74) is 1.45. The van der Waals surface area contributed by atoms with Crippen molar-refractivity contribution in [1.29, 1.82) is 0 Å². The summed E-state index contributed by atoms with van der Waals surface area (Å²) in [6.07, 6.45) is 0. The van der Waals surface area contributed by atoms with Gasteiger partial charge in [0.2, 0.25) is 5.91 Å². The van der Waals surface area contributed by atoms with Crippen molar-refractivity contribution >= 4 is 39.2 Å². The van der Waals surface area contributed by atoms with Crippen molar-refractivity contribution in [2.45, 2.75) is 37.7 Å². The number of benzene rings is 1. The second-order valence-electron chi connectivity index (χ2n) is 6.04. The molecule has 0 radical (unpaired) electrons. The molecule has 0 saturated heterocycles. The van der Waals surface area contributed by atoms with Crippen molar-refractivity contribution in [3.8, 4) is 11.1 Å². The number of thiophene rings is 1. The highest BCUT2D eigenvalue weighted by atomic mass is 32.2. The van der Waals surface area contributed by atoms with Crippen LogP contribution in [0.5, 0.6) is 0 Å². The predicted molar refractivity (Wildman–Crippen MR) is 109 cm³/mol. The van der Waals surface area contributed by atoms with Crippen LogP contribution in [0.4, 0.5) is 4.39 Å². The summed E-state index contributed by atoms with van der Waals surface area (Å²) in [5, 5.41) is 3.31. The van der Waals surface area contributed by atoms with Gasteiger partial charge in [0.25, 0.3) is 5.56 Å². The Morgan fingerprint density at radius 3 is 2.63 bits per heavy atom. The van der Waals surface area contributed by atoms with E-state index < -0.39 is 0 Å². The molecule has 0 bridgehead atoms. The zero-order valence-electron chi connectivity index (χ0n) is 15.5. The molecule has 0 fully saturated rings. The number of nitrogens with one attached hydrogen (secondary N) is 1. The largest absolute Gasteiger partial charge is 0.358 e. The first-order valence-corrected chi connectivity index (χ1v) is 10.2. The first kappa shape index (κ1) is 19.6. The van der Waals surface area contributed by atoms with Crippen molar-refractivity contribution in [2.24, 2.45) is 0 Å². The van der Waals surface area contributed by atoms with Crippen LogP contribution in [0.2, 0.25) is 0 Å². The van der Waals surface area contributed by atoms with Crippen LogP contribution in [0.15, 0.2) is 34.2 Å². The lowest BCUT2D eigenvalue weighted by molar-refractivity contribution is -0.119. The summed E-state index contributed by atoms with van der Waals surface area (Å²) in [7, 11) is 1.58. The molecule has 142 valence electrons. The van der Waals surface area contributed by atoms with E-state index in [1.165, 1.54) is 35.2 Å². The number of hydrogen-bond donors (Lipinski definition) is 1. The molecule has 0 aliphatic carbocycles. The zero-order chi connectivity index (χ0) is 19.7. The lowest BCUT2D eigenvalue weighted by Crippen LogP contribution is -2.29. The number of carbonyl (C=O) groups excluding carboxylic acids is 1. The predicted octanol–water partition coefficient (Wildman–Crippen LogP) is 3.82. The van der Waals surface area contributed by atoms with E-state index in [0.29, 0.717) is 21.9 Å². The molecule has 2 aromatic heterocycles. The topological polar surface area (TPSA) is 64.0 Å². The van der Waals surface area contributed by atoms with E-state index >= 15 is 0 Å². The Kier molecular flexibility index (Phi) is 5.67. The summed E-state index contributed by atoms with van der Waals surface area (Å²) in [5.74, 6) is -0.437. The van der Waals surface area contributed by atoms with Crippen molar-refractivity contribution in [2.75, 3.05) is 7.05 Å². The minimum absolute atomic E-state index is 0.119. The number of rotatable bonds is 5. The molecule has 0 unspecified atom stereocenters. The molecule has 1 aromatic carbocycles. The molecule has 8 heteroatoms. The minimum atomic E-state index is -0.366. The molecule has 5 nitrogen and oxygen atoms in total. The summed E-state index contributed by atoms with van der Waals surface area (Å²) in [4.78, 5) is 31.3. The number of amides is 1. The van der Waals surface area contributed by atoms with E-state index in [9.17, 15) is 14.0 Å². The molecule has 27 heavy (non-hydrogen) atoms. The van der Waals surface area contributed by atoms with E-state index in [2.05, 4.69) is 10.3 Å². The zero-order valence-corrected chi connectivity index (χ0v) is 17.1. The fraction of sp³-hybridized carbons (Fsp3) is 0.316. The van der Waals surface area contributed by atoms with Gasteiger partial charge in [0.05, 0.1) is 10.6 Å². The normalized spacial score (nSPS) is 12.3. The van der Waals surface area contributed by atoms with Gasteiger partial charge in [-0.25, -0.2) is 9.37 Å². The average Bonchev–Trinajstić information content (AvgIpc) is 2.98. The Morgan fingerprint density at radius 2 is 2.04 bits per heavy atom. The van der Waals surface area contributed by atoms with Gasteiger partial charge in [0.15, 0.2) is 5.16 Å². The third kappa shape index (κ3) is 3.64. The monoisotopic (exact) mass is 405 g/mol. The Balaban J connectivity index is 2.20. The van der Waals surface area contributed by atoms with Crippen molar-refractivity contribution in [3.63, 3.8) is 0 Å². The fourth-order valence-corrected chi connectivity index (χ4v) is 5.04. The minimum Gasteiger partial charge on any atom is -0.358 e. The van der Waals surface area contributed by atoms with Crippen LogP contribution >= 0.6 is 23.1 Å². The standard InChI is InChI=1S/C19H20FN3O2S2/c1-5-23-18(25)15-14(12-6-8-13(20)9-7-12)10(2)26-17(15)22-19(23)27-11(3)16(24)21-4/h6-9,11H,5H2,1-4H3,(H,21,24)/t11-/m0/s1. The first-order valence-electron chi connectivity index (χ1n) is 8.55. The quantitative estimate of drug-likeness (QED) is 0.518. The van der Waals surface area contributed by atoms with Gasteiger partial charge < -0.3 is 5.32 Å². The molecular formula is C19H20FN3O2S2. The molecule has 0 aliphatic heterocycles. The summed E-state index contributed by atoms with van der Waals surface area (Å²) in [6.45, 7) is 6.03. The number of carbonyl (C=O) groups is 1. The fourth-order valence-electron chi connectivity index (χ4n) is 2.92. The average molecular weight is 406 g/mol. The maximum absolute atomic E-state index is 13.3. The van der Waals surface area contributed by atoms with Crippen LogP contribution in [0.3, 0.4) is 0 Å². The van der Waals surface area contributed by atoms with Crippen LogP contribution in [0, 0.1) is 12.7 Å². The molecule has 1 N–H and O–H groups in total. The van der Waals surface area contributed by atoms with Gasteiger partial charge in [-0.1, -0.05) is 23.9 Å². The Labute approximate surface area is 164 Å². The van der Waals surface area contributed by atoms with Crippen LogP contribution in [0.25, 0.3) is 21.3 Å². The summed E-state index contributed by atoms with van der Waals surface area (Å²) < 4.78 is 14.9. The molecule has 1 amide bonds. The Bertz CT molecular complexity index is 1060. The number of aryl methyl sites for hydroxylation is 1. The third-order valence-electron chi connectivity index (χ3n) is 4.30.